The van der Waals surface area contributed by atoms with Gasteiger partial charge in [-0.25, -0.2) is 0 Å². The van der Waals surface area contributed by atoms with Crippen molar-refractivity contribution in [3.8, 4) is 0 Å². The van der Waals surface area contributed by atoms with Crippen molar-refractivity contribution in [2.24, 2.45) is 16.8 Å². The smallest absolute Gasteiger partial charge is 0.257 e. The summed E-state index contributed by atoms with van der Waals surface area (Å²) in [4.78, 5) is 14.3. The fourth-order valence-electron chi connectivity index (χ4n) is 1.24. The van der Waals surface area contributed by atoms with Gasteiger partial charge in [-0.2, -0.15) is 4.99 Å². The Morgan fingerprint density at radius 3 is 2.70 bits per heavy atom. The van der Waals surface area contributed by atoms with Crippen LogP contribution in [-0.2, 0) is 4.79 Å². The van der Waals surface area contributed by atoms with Crippen LogP contribution in [0.2, 0.25) is 0 Å². The van der Waals surface area contributed by atoms with Crippen molar-refractivity contribution in [1.82, 2.24) is 0 Å². The van der Waals surface area contributed by atoms with Gasteiger partial charge in [0.2, 0.25) is 0 Å². The highest BCUT2D eigenvalue weighted by molar-refractivity contribution is 7.78. The molecule has 1 saturated carbocycles. The van der Waals surface area contributed by atoms with Crippen LogP contribution in [0.4, 0.5) is 0 Å². The van der Waals surface area contributed by atoms with Crippen molar-refractivity contribution in [2.45, 2.75) is 19.8 Å². The summed E-state index contributed by atoms with van der Waals surface area (Å²) in [5, 5.41) is 2.09. The molecule has 0 spiro atoms. The lowest BCUT2D eigenvalue weighted by Gasteiger charge is -2.29. The van der Waals surface area contributed by atoms with E-state index in [2.05, 4.69) is 29.3 Å². The number of aliphatic imine (C=N–C) groups is 1. The Hall–Kier alpha value is -0.530. The first-order valence-corrected chi connectivity index (χ1v) is 3.76. The van der Waals surface area contributed by atoms with Gasteiger partial charge in [0, 0.05) is 5.92 Å². The molecule has 0 aliphatic heterocycles. The standard InChI is InChI=1S/C7H9NOS/c1-5-2-6(3-5)7(9)8-4-10/h5-6H,2-3H2,1H3. The molecule has 0 aromatic heterocycles. The highest BCUT2D eigenvalue weighted by atomic mass is 32.1. The fraction of sp³-hybridized carbons (Fsp3) is 0.714. The predicted octanol–water partition coefficient (Wildman–Crippen LogP) is 1.66. The van der Waals surface area contributed by atoms with Gasteiger partial charge in [-0.05, 0) is 31.0 Å². The zero-order chi connectivity index (χ0) is 7.56. The van der Waals surface area contributed by atoms with E-state index in [0.717, 1.165) is 12.8 Å². The molecular formula is C7H9NOS. The highest BCUT2D eigenvalue weighted by Gasteiger charge is 2.30. The molecule has 1 aliphatic rings. The Balaban J connectivity index is 2.38. The van der Waals surface area contributed by atoms with Crippen LogP contribution in [0.3, 0.4) is 0 Å². The molecule has 0 radical (unpaired) electrons. The van der Waals surface area contributed by atoms with E-state index in [1.165, 1.54) is 0 Å². The van der Waals surface area contributed by atoms with Crippen LogP contribution in [0.25, 0.3) is 0 Å². The Morgan fingerprint density at radius 2 is 2.30 bits per heavy atom. The van der Waals surface area contributed by atoms with Gasteiger partial charge >= 0.3 is 0 Å². The second-order valence-electron chi connectivity index (χ2n) is 2.81. The van der Waals surface area contributed by atoms with E-state index >= 15 is 0 Å². The summed E-state index contributed by atoms with van der Waals surface area (Å²) in [5.74, 6) is 0.743. The summed E-state index contributed by atoms with van der Waals surface area (Å²) in [6, 6.07) is 0. The predicted molar refractivity (Wildman–Crippen MR) is 41.9 cm³/mol. The molecule has 1 fully saturated rings. The molecule has 0 bridgehead atoms. The lowest BCUT2D eigenvalue weighted by molar-refractivity contribution is -0.125. The zero-order valence-electron chi connectivity index (χ0n) is 5.83. The Labute approximate surface area is 65.3 Å². The van der Waals surface area contributed by atoms with Crippen LogP contribution in [0, 0.1) is 11.8 Å². The van der Waals surface area contributed by atoms with Crippen LogP contribution < -0.4 is 0 Å². The Morgan fingerprint density at radius 1 is 1.70 bits per heavy atom. The molecule has 1 amide bonds. The molecule has 0 aromatic rings. The highest BCUT2D eigenvalue weighted by Crippen LogP contribution is 2.33. The molecule has 0 N–H and O–H groups in total. The van der Waals surface area contributed by atoms with Gasteiger partial charge in [0.25, 0.3) is 5.91 Å². The minimum absolute atomic E-state index is 0.0897. The van der Waals surface area contributed by atoms with Crippen LogP contribution in [0.5, 0.6) is 0 Å². The lowest BCUT2D eigenvalue weighted by atomic mass is 9.76. The third-order valence-corrected chi connectivity index (χ3v) is 1.97. The summed E-state index contributed by atoms with van der Waals surface area (Å²) in [6.07, 6.45) is 1.94. The largest absolute Gasteiger partial charge is 0.272 e. The molecular weight excluding hydrogens is 146 g/mol. The van der Waals surface area contributed by atoms with E-state index in [9.17, 15) is 4.79 Å². The van der Waals surface area contributed by atoms with Gasteiger partial charge in [-0.1, -0.05) is 6.92 Å². The van der Waals surface area contributed by atoms with Crippen LogP contribution in [0.1, 0.15) is 19.8 Å². The molecule has 2 nitrogen and oxygen atoms in total. The van der Waals surface area contributed by atoms with Crippen molar-refractivity contribution in [3.05, 3.63) is 0 Å². The van der Waals surface area contributed by atoms with E-state index in [1.807, 2.05) is 0 Å². The lowest BCUT2D eigenvalue weighted by Crippen LogP contribution is -2.27. The normalized spacial score (nSPS) is 30.1. The summed E-state index contributed by atoms with van der Waals surface area (Å²) < 4.78 is 0. The number of carbonyl (C=O) groups is 1. The third-order valence-electron chi connectivity index (χ3n) is 1.88. The van der Waals surface area contributed by atoms with Gasteiger partial charge in [0.05, 0.1) is 5.16 Å². The van der Waals surface area contributed by atoms with Crippen molar-refractivity contribution in [2.75, 3.05) is 0 Å². The number of isothiocyanates is 1. The first-order valence-electron chi connectivity index (χ1n) is 3.35. The molecule has 1 rings (SSSR count). The summed E-state index contributed by atoms with van der Waals surface area (Å²) in [7, 11) is 0. The number of amides is 1. The number of nitrogens with zero attached hydrogens (tertiary/aromatic N) is 1. The fourth-order valence-corrected chi connectivity index (χ4v) is 1.33. The number of hydrogen-bond acceptors (Lipinski definition) is 2. The number of carbonyl (C=O) groups excluding carboxylic acids is 1. The van der Waals surface area contributed by atoms with E-state index < -0.39 is 0 Å². The van der Waals surface area contributed by atoms with Gasteiger partial charge in [0.1, 0.15) is 0 Å². The van der Waals surface area contributed by atoms with Gasteiger partial charge in [-0.15, -0.1) is 0 Å². The molecule has 0 atom stereocenters. The number of thiocarbonyl (C=S) groups is 1. The molecule has 0 unspecified atom stereocenters. The maximum atomic E-state index is 10.9. The summed E-state index contributed by atoms with van der Waals surface area (Å²) in [5.41, 5.74) is 0. The molecule has 0 saturated heterocycles. The molecule has 0 heterocycles. The molecule has 10 heavy (non-hydrogen) atoms. The van der Waals surface area contributed by atoms with Crippen LogP contribution in [0.15, 0.2) is 4.99 Å². The van der Waals surface area contributed by atoms with Crippen molar-refractivity contribution < 1.29 is 4.79 Å². The van der Waals surface area contributed by atoms with E-state index in [-0.39, 0.29) is 11.8 Å². The second-order valence-corrected chi connectivity index (χ2v) is 3.00. The summed E-state index contributed by atoms with van der Waals surface area (Å²) >= 11 is 4.31. The maximum absolute atomic E-state index is 10.9. The molecule has 0 aromatic carbocycles. The second kappa shape index (κ2) is 3.04. The quantitative estimate of drug-likeness (QED) is 0.425. The topological polar surface area (TPSA) is 29.4 Å². The van der Waals surface area contributed by atoms with E-state index in [0.29, 0.717) is 5.92 Å². The maximum Gasteiger partial charge on any atom is 0.257 e. The monoisotopic (exact) mass is 155 g/mol. The molecule has 1 aliphatic carbocycles. The first kappa shape index (κ1) is 7.58. The Kier molecular flexibility index (Phi) is 2.30. The summed E-state index contributed by atoms with van der Waals surface area (Å²) in [6.45, 7) is 2.13. The van der Waals surface area contributed by atoms with E-state index in [1.54, 1.807) is 0 Å². The van der Waals surface area contributed by atoms with E-state index in [4.69, 9.17) is 0 Å². The van der Waals surface area contributed by atoms with Crippen molar-refractivity contribution in [3.63, 3.8) is 0 Å². The number of hydrogen-bond donors (Lipinski definition) is 0. The van der Waals surface area contributed by atoms with Gasteiger partial charge in [0.15, 0.2) is 0 Å². The zero-order valence-corrected chi connectivity index (χ0v) is 6.65. The van der Waals surface area contributed by atoms with Gasteiger partial charge in [-0.3, -0.25) is 4.79 Å². The average molecular weight is 155 g/mol. The Bertz CT molecular complexity index is 190. The van der Waals surface area contributed by atoms with Crippen molar-refractivity contribution in [1.29, 1.82) is 0 Å². The molecule has 3 heteroatoms. The SMILES string of the molecule is CC1CC(C(=O)N=C=S)C1. The third kappa shape index (κ3) is 1.49. The van der Waals surface area contributed by atoms with Crippen molar-refractivity contribution >= 4 is 23.3 Å². The molecule has 54 valence electrons. The average Bonchev–Trinajstić information content (AvgIpc) is 1.82. The first-order chi connectivity index (χ1) is 4.74. The minimum atomic E-state index is -0.0897. The number of rotatable bonds is 1. The van der Waals surface area contributed by atoms with Crippen LogP contribution in [-0.4, -0.2) is 11.1 Å². The minimum Gasteiger partial charge on any atom is -0.272 e. The van der Waals surface area contributed by atoms with Crippen LogP contribution >= 0.6 is 12.2 Å². The van der Waals surface area contributed by atoms with Gasteiger partial charge < -0.3 is 0 Å².